The molecule has 0 radical (unpaired) electrons. The molecule has 2 atom stereocenters. The molecule has 1 aromatic carbocycles. The van der Waals surface area contributed by atoms with Crippen molar-refractivity contribution in [2.45, 2.75) is 46.4 Å². The van der Waals surface area contributed by atoms with Crippen LogP contribution < -0.4 is 0 Å². The summed E-state index contributed by atoms with van der Waals surface area (Å²) in [6.07, 6.45) is 0.810. The average molecular weight is 464 g/mol. The highest BCUT2D eigenvalue weighted by atomic mass is 127. The standard InChI is InChI=1S/C15H18Cl3IO2/c1-10(2)21-14(20)13(11-6-4-3-5-7-11)8-12(19)9-15(16,17)18/h3-7,10,12-13H,8-9H2,1-2H3. The normalized spacial score (nSPS) is 14.8. The van der Waals surface area contributed by atoms with E-state index in [9.17, 15) is 4.79 Å². The van der Waals surface area contributed by atoms with Gasteiger partial charge in [-0.2, -0.15) is 0 Å². The minimum Gasteiger partial charge on any atom is -0.463 e. The van der Waals surface area contributed by atoms with Crippen molar-refractivity contribution < 1.29 is 9.53 Å². The third-order valence-electron chi connectivity index (χ3n) is 2.78. The number of carbonyl (C=O) groups is 1. The van der Waals surface area contributed by atoms with Gasteiger partial charge in [0.05, 0.1) is 12.0 Å². The van der Waals surface area contributed by atoms with Gasteiger partial charge in [-0.3, -0.25) is 4.79 Å². The first kappa shape index (κ1) is 19.3. The van der Waals surface area contributed by atoms with Crippen molar-refractivity contribution in [1.29, 1.82) is 0 Å². The molecule has 0 aliphatic heterocycles. The molecule has 1 aromatic rings. The Morgan fingerprint density at radius 2 is 1.81 bits per heavy atom. The van der Waals surface area contributed by atoms with Gasteiger partial charge in [0.25, 0.3) is 0 Å². The van der Waals surface area contributed by atoms with Crippen LogP contribution in [0.3, 0.4) is 0 Å². The summed E-state index contributed by atoms with van der Waals surface area (Å²) < 4.78 is 4.10. The summed E-state index contributed by atoms with van der Waals surface area (Å²) in [7, 11) is 0. The minimum absolute atomic E-state index is 0.0556. The largest absolute Gasteiger partial charge is 0.463 e. The number of hydrogen-bond acceptors (Lipinski definition) is 2. The van der Waals surface area contributed by atoms with Gasteiger partial charge in [-0.15, -0.1) is 0 Å². The Morgan fingerprint density at radius 1 is 1.24 bits per heavy atom. The summed E-state index contributed by atoms with van der Waals surface area (Å²) in [6.45, 7) is 3.67. The molecule has 21 heavy (non-hydrogen) atoms. The Balaban J connectivity index is 2.85. The Labute approximate surface area is 154 Å². The highest BCUT2D eigenvalue weighted by Crippen LogP contribution is 2.37. The summed E-state index contributed by atoms with van der Waals surface area (Å²) in [5.74, 6) is -0.579. The van der Waals surface area contributed by atoms with Crippen LogP contribution in [0.1, 0.15) is 38.2 Å². The van der Waals surface area contributed by atoms with Crippen LogP contribution >= 0.6 is 57.4 Å². The zero-order valence-corrected chi connectivity index (χ0v) is 16.3. The van der Waals surface area contributed by atoms with Gasteiger partial charge in [0.15, 0.2) is 3.79 Å². The second kappa shape index (κ2) is 8.80. The molecule has 0 aliphatic carbocycles. The number of halogens is 4. The third-order valence-corrected chi connectivity index (χ3v) is 4.19. The topological polar surface area (TPSA) is 26.3 Å². The van der Waals surface area contributed by atoms with Crippen LogP contribution in [-0.2, 0) is 9.53 Å². The van der Waals surface area contributed by atoms with Crippen LogP contribution in [0.5, 0.6) is 0 Å². The van der Waals surface area contributed by atoms with E-state index in [2.05, 4.69) is 22.6 Å². The van der Waals surface area contributed by atoms with Crippen LogP contribution in [0.15, 0.2) is 30.3 Å². The molecule has 2 nitrogen and oxygen atoms in total. The van der Waals surface area contributed by atoms with Crippen LogP contribution in [0.25, 0.3) is 0 Å². The van der Waals surface area contributed by atoms with Crippen molar-refractivity contribution in [2.24, 2.45) is 0 Å². The molecule has 0 fully saturated rings. The fraction of sp³-hybridized carbons (Fsp3) is 0.533. The SMILES string of the molecule is CC(C)OC(=O)C(CC(I)CC(Cl)(Cl)Cl)c1ccccc1. The highest BCUT2D eigenvalue weighted by molar-refractivity contribution is 14.1. The van der Waals surface area contributed by atoms with Crippen molar-refractivity contribution in [3.05, 3.63) is 35.9 Å². The zero-order chi connectivity index (χ0) is 16.0. The maximum atomic E-state index is 12.3. The van der Waals surface area contributed by atoms with Gasteiger partial charge >= 0.3 is 5.97 Å². The van der Waals surface area contributed by atoms with E-state index in [4.69, 9.17) is 39.5 Å². The number of ether oxygens (including phenoxy) is 1. The molecule has 1 rings (SSSR count). The van der Waals surface area contributed by atoms with E-state index >= 15 is 0 Å². The second-order valence-corrected chi connectivity index (χ2v) is 9.38. The van der Waals surface area contributed by atoms with Crippen molar-refractivity contribution in [3.63, 3.8) is 0 Å². The van der Waals surface area contributed by atoms with Gasteiger partial charge in [0, 0.05) is 10.3 Å². The maximum absolute atomic E-state index is 12.3. The molecule has 2 unspecified atom stereocenters. The molecular formula is C15H18Cl3IO2. The van der Waals surface area contributed by atoms with Crippen LogP contribution in [0.4, 0.5) is 0 Å². The number of hydrogen-bond donors (Lipinski definition) is 0. The first-order valence-electron chi connectivity index (χ1n) is 6.65. The lowest BCUT2D eigenvalue weighted by Crippen LogP contribution is -2.23. The molecule has 0 saturated heterocycles. The lowest BCUT2D eigenvalue weighted by Gasteiger charge is -2.22. The van der Waals surface area contributed by atoms with E-state index in [1.165, 1.54) is 0 Å². The summed E-state index contributed by atoms with van der Waals surface area (Å²) >= 11 is 19.7. The molecule has 0 N–H and O–H groups in total. The van der Waals surface area contributed by atoms with Gasteiger partial charge in [0.2, 0.25) is 0 Å². The van der Waals surface area contributed by atoms with Crippen molar-refractivity contribution in [2.75, 3.05) is 0 Å². The molecular weight excluding hydrogens is 445 g/mol. The molecule has 0 aromatic heterocycles. The summed E-state index contributed by atoms with van der Waals surface area (Å²) in [5, 5.41) is 0. The summed E-state index contributed by atoms with van der Waals surface area (Å²) in [4.78, 5) is 12.3. The van der Waals surface area contributed by atoms with E-state index in [1.54, 1.807) is 0 Å². The van der Waals surface area contributed by atoms with Crippen LogP contribution in [-0.4, -0.2) is 19.8 Å². The first-order chi connectivity index (χ1) is 9.69. The molecule has 6 heteroatoms. The number of alkyl halides is 4. The number of esters is 1. The van der Waals surface area contributed by atoms with Crippen molar-refractivity contribution in [3.8, 4) is 0 Å². The van der Waals surface area contributed by atoms with Crippen molar-refractivity contribution in [1.82, 2.24) is 0 Å². The average Bonchev–Trinajstić information content (AvgIpc) is 2.34. The Morgan fingerprint density at radius 3 is 2.29 bits per heavy atom. The predicted molar refractivity (Wildman–Crippen MR) is 97.7 cm³/mol. The smallest absolute Gasteiger partial charge is 0.313 e. The van der Waals surface area contributed by atoms with Crippen molar-refractivity contribution >= 4 is 63.4 Å². The fourth-order valence-corrected chi connectivity index (χ4v) is 4.47. The molecule has 0 aliphatic rings. The summed E-state index contributed by atoms with van der Waals surface area (Å²) in [6, 6.07) is 9.57. The molecule has 118 valence electrons. The molecule has 0 spiro atoms. The van der Waals surface area contributed by atoms with Crippen LogP contribution in [0.2, 0.25) is 0 Å². The van der Waals surface area contributed by atoms with E-state index in [1.807, 2.05) is 44.2 Å². The van der Waals surface area contributed by atoms with E-state index in [0.29, 0.717) is 12.8 Å². The summed E-state index contributed by atoms with van der Waals surface area (Å²) in [5.41, 5.74) is 0.925. The fourth-order valence-electron chi connectivity index (χ4n) is 1.96. The van der Waals surface area contributed by atoms with Gasteiger partial charge in [-0.1, -0.05) is 87.7 Å². The van der Waals surface area contributed by atoms with E-state index in [0.717, 1.165) is 5.56 Å². The van der Waals surface area contributed by atoms with Gasteiger partial charge in [0.1, 0.15) is 0 Å². The highest BCUT2D eigenvalue weighted by Gasteiger charge is 2.30. The third kappa shape index (κ3) is 7.91. The second-order valence-electron chi connectivity index (χ2n) is 5.10. The number of benzene rings is 1. The molecule has 0 bridgehead atoms. The van der Waals surface area contributed by atoms with Gasteiger partial charge in [-0.25, -0.2) is 0 Å². The quantitative estimate of drug-likeness (QED) is 0.308. The zero-order valence-electron chi connectivity index (χ0n) is 11.9. The van der Waals surface area contributed by atoms with Gasteiger partial charge < -0.3 is 4.74 Å². The molecule has 0 heterocycles. The lowest BCUT2D eigenvalue weighted by atomic mass is 9.93. The monoisotopic (exact) mass is 462 g/mol. The molecule has 0 saturated carbocycles. The Kier molecular flexibility index (Phi) is 8.10. The van der Waals surface area contributed by atoms with Crippen LogP contribution in [0, 0.1) is 0 Å². The number of carbonyl (C=O) groups excluding carboxylic acids is 1. The molecule has 0 amide bonds. The predicted octanol–water partition coefficient (Wildman–Crippen LogP) is 5.68. The number of rotatable bonds is 6. The first-order valence-corrected chi connectivity index (χ1v) is 9.03. The maximum Gasteiger partial charge on any atom is 0.313 e. The van der Waals surface area contributed by atoms with E-state index in [-0.39, 0.29) is 21.9 Å². The van der Waals surface area contributed by atoms with E-state index < -0.39 is 3.79 Å². The van der Waals surface area contributed by atoms with Gasteiger partial charge in [-0.05, 0) is 25.8 Å². The Hall–Kier alpha value is 0.290. The minimum atomic E-state index is -1.31. The lowest BCUT2D eigenvalue weighted by molar-refractivity contribution is -0.149. The Bertz CT molecular complexity index is 446.